The minimum atomic E-state index is -0.477. The van der Waals surface area contributed by atoms with Gasteiger partial charge in [0.15, 0.2) is 0 Å². The summed E-state index contributed by atoms with van der Waals surface area (Å²) in [5.41, 5.74) is 2.69. The Kier molecular flexibility index (Phi) is 2.18. The lowest BCUT2D eigenvalue weighted by Crippen LogP contribution is -2.59. The van der Waals surface area contributed by atoms with E-state index >= 15 is 0 Å². The van der Waals surface area contributed by atoms with Crippen LogP contribution >= 0.6 is 0 Å². The maximum Gasteiger partial charge on any atom is 0.234 e. The number of carbonyl (C=O) groups excluding carboxylic acids is 1. The van der Waals surface area contributed by atoms with Gasteiger partial charge in [-0.25, -0.2) is 0 Å². The summed E-state index contributed by atoms with van der Waals surface area (Å²) >= 11 is 0. The van der Waals surface area contributed by atoms with Crippen LogP contribution in [0.3, 0.4) is 0 Å². The number of hydrogen-bond donors (Lipinski definition) is 1. The smallest absolute Gasteiger partial charge is 0.234 e. The molecule has 3 aliphatic rings. The molecule has 0 spiro atoms. The van der Waals surface area contributed by atoms with Gasteiger partial charge in [0, 0.05) is 18.4 Å². The third-order valence-corrected chi connectivity index (χ3v) is 6.32. The molecule has 0 aromatic heterocycles. The number of hydrogen-bond acceptors (Lipinski definition) is 3. The van der Waals surface area contributed by atoms with Crippen molar-refractivity contribution in [3.8, 4) is 6.07 Å². The Morgan fingerprint density at radius 3 is 2.83 bits per heavy atom. The summed E-state index contributed by atoms with van der Waals surface area (Å²) < 4.78 is 0. The first-order valence-corrected chi connectivity index (χ1v) is 6.92. The van der Waals surface area contributed by atoms with Crippen molar-refractivity contribution in [3.63, 3.8) is 0 Å². The van der Waals surface area contributed by atoms with Crippen LogP contribution in [0.25, 0.3) is 0 Å². The van der Waals surface area contributed by atoms with E-state index in [9.17, 15) is 10.1 Å². The molecule has 0 unspecified atom stereocenters. The summed E-state index contributed by atoms with van der Waals surface area (Å²) in [6, 6.07) is 2.56. The molecule has 98 valence electrons. The molecule has 1 saturated heterocycles. The van der Waals surface area contributed by atoms with Crippen molar-refractivity contribution in [1.82, 2.24) is 10.4 Å². The van der Waals surface area contributed by atoms with E-state index in [-0.39, 0.29) is 16.7 Å². The lowest BCUT2D eigenvalue weighted by atomic mass is 9.66. The van der Waals surface area contributed by atoms with Crippen molar-refractivity contribution in [2.75, 3.05) is 6.54 Å². The van der Waals surface area contributed by atoms with Gasteiger partial charge in [-0.05, 0) is 30.6 Å². The SMILES string of the molecule is CCC(=O)NN1C[C@@]2(C)[C@H]3CC[C@@]2(C)[C@@]1(C#N)C3. The standard InChI is InChI=1S/C14H21N3O/c1-4-11(18)16-17-9-12(2)10-5-6-13(12,3)14(17,7-10)8-15/h10H,4-7,9H2,1-3H3,(H,16,18)/t10-,12-,13+,14-/m0/s1. The second-order valence-electron chi connectivity index (χ2n) is 6.64. The fourth-order valence-electron chi connectivity index (χ4n) is 4.87. The zero-order valence-electron chi connectivity index (χ0n) is 11.4. The molecular formula is C14H21N3O. The molecule has 18 heavy (non-hydrogen) atoms. The fraction of sp³-hybridized carbons (Fsp3) is 0.857. The summed E-state index contributed by atoms with van der Waals surface area (Å²) in [5.74, 6) is 0.664. The Balaban J connectivity index is 1.99. The van der Waals surface area contributed by atoms with E-state index < -0.39 is 5.54 Å². The summed E-state index contributed by atoms with van der Waals surface area (Å²) in [4.78, 5) is 11.7. The third kappa shape index (κ3) is 0.994. The highest BCUT2D eigenvalue weighted by molar-refractivity contribution is 5.75. The summed E-state index contributed by atoms with van der Waals surface area (Å²) in [6.45, 7) is 7.23. The molecule has 4 heteroatoms. The van der Waals surface area contributed by atoms with Gasteiger partial charge in [-0.1, -0.05) is 20.8 Å². The van der Waals surface area contributed by atoms with Gasteiger partial charge in [-0.15, -0.1) is 0 Å². The number of rotatable bonds is 2. The van der Waals surface area contributed by atoms with Crippen molar-refractivity contribution in [3.05, 3.63) is 0 Å². The second-order valence-corrected chi connectivity index (χ2v) is 6.64. The van der Waals surface area contributed by atoms with Crippen molar-refractivity contribution >= 4 is 5.91 Å². The van der Waals surface area contributed by atoms with Crippen LogP contribution in [0.5, 0.6) is 0 Å². The van der Waals surface area contributed by atoms with Crippen LogP contribution < -0.4 is 5.43 Å². The minimum absolute atomic E-state index is 0.0141. The molecule has 0 radical (unpaired) electrons. The van der Waals surface area contributed by atoms with E-state index in [0.717, 1.165) is 19.4 Å². The number of piperidine rings is 1. The zero-order chi connectivity index (χ0) is 13.2. The van der Waals surface area contributed by atoms with E-state index in [0.29, 0.717) is 12.3 Å². The van der Waals surface area contributed by atoms with Crippen LogP contribution in [0.4, 0.5) is 0 Å². The normalized spacial score (nSPS) is 49.3. The van der Waals surface area contributed by atoms with Crippen LogP contribution in [0.2, 0.25) is 0 Å². The number of hydrazine groups is 1. The Bertz CT molecular complexity index is 456. The fourth-order valence-corrected chi connectivity index (χ4v) is 4.87. The number of nitriles is 1. The maximum atomic E-state index is 11.7. The number of amides is 1. The molecule has 1 heterocycles. The van der Waals surface area contributed by atoms with Crippen molar-refractivity contribution in [2.45, 2.75) is 52.0 Å². The van der Waals surface area contributed by atoms with Gasteiger partial charge in [-0.2, -0.15) is 10.3 Å². The molecule has 1 N–H and O–H groups in total. The topological polar surface area (TPSA) is 56.1 Å². The van der Waals surface area contributed by atoms with Crippen molar-refractivity contribution in [2.24, 2.45) is 16.7 Å². The monoisotopic (exact) mass is 247 g/mol. The number of nitrogens with one attached hydrogen (secondary N) is 1. The summed E-state index contributed by atoms with van der Waals surface area (Å²) in [5, 5.41) is 11.7. The second kappa shape index (κ2) is 3.27. The number of carbonyl (C=O) groups is 1. The summed E-state index contributed by atoms with van der Waals surface area (Å²) in [6.07, 6.45) is 3.74. The molecule has 4 atom stereocenters. The molecule has 0 aromatic carbocycles. The molecule has 0 aromatic rings. The third-order valence-electron chi connectivity index (χ3n) is 6.32. The molecular weight excluding hydrogens is 226 g/mol. The molecule has 4 nitrogen and oxygen atoms in total. The highest BCUT2D eigenvalue weighted by atomic mass is 16.2. The first kappa shape index (κ1) is 12.0. The molecule has 1 amide bonds. The number of nitrogens with zero attached hydrogens (tertiary/aromatic N) is 2. The van der Waals surface area contributed by atoms with E-state index in [1.54, 1.807) is 0 Å². The summed E-state index contributed by atoms with van der Waals surface area (Å²) in [7, 11) is 0. The van der Waals surface area contributed by atoms with Gasteiger partial charge in [0.25, 0.3) is 0 Å². The van der Waals surface area contributed by atoms with Crippen LogP contribution in [0.1, 0.15) is 46.5 Å². The largest absolute Gasteiger partial charge is 0.287 e. The molecule has 3 fully saturated rings. The Labute approximate surface area is 108 Å². The Morgan fingerprint density at radius 2 is 2.28 bits per heavy atom. The van der Waals surface area contributed by atoms with Crippen molar-refractivity contribution in [1.29, 1.82) is 5.26 Å². The predicted molar refractivity (Wildman–Crippen MR) is 67.0 cm³/mol. The minimum Gasteiger partial charge on any atom is -0.287 e. The van der Waals surface area contributed by atoms with E-state index in [2.05, 4.69) is 25.3 Å². The zero-order valence-corrected chi connectivity index (χ0v) is 11.4. The molecule has 3 rings (SSSR count). The molecule has 2 aliphatic carbocycles. The van der Waals surface area contributed by atoms with Crippen LogP contribution in [0.15, 0.2) is 0 Å². The molecule has 2 saturated carbocycles. The van der Waals surface area contributed by atoms with Gasteiger partial charge in [0.1, 0.15) is 5.54 Å². The predicted octanol–water partition coefficient (Wildman–Crippen LogP) is 1.83. The maximum absolute atomic E-state index is 11.7. The van der Waals surface area contributed by atoms with Crippen LogP contribution in [-0.2, 0) is 4.79 Å². The quantitative estimate of drug-likeness (QED) is 0.810. The van der Waals surface area contributed by atoms with Crippen LogP contribution in [0, 0.1) is 28.1 Å². The van der Waals surface area contributed by atoms with E-state index in [4.69, 9.17) is 0 Å². The van der Waals surface area contributed by atoms with Crippen LogP contribution in [-0.4, -0.2) is 23.0 Å². The average molecular weight is 247 g/mol. The van der Waals surface area contributed by atoms with E-state index in [1.165, 1.54) is 6.42 Å². The Morgan fingerprint density at radius 1 is 1.56 bits per heavy atom. The average Bonchev–Trinajstić information content (AvgIpc) is 2.79. The lowest BCUT2D eigenvalue weighted by molar-refractivity contribution is -0.129. The highest BCUT2D eigenvalue weighted by Crippen LogP contribution is 2.75. The lowest BCUT2D eigenvalue weighted by Gasteiger charge is -2.42. The van der Waals surface area contributed by atoms with Gasteiger partial charge in [0.05, 0.1) is 6.07 Å². The van der Waals surface area contributed by atoms with Gasteiger partial charge >= 0.3 is 0 Å². The van der Waals surface area contributed by atoms with Gasteiger partial charge in [-0.3, -0.25) is 10.2 Å². The van der Waals surface area contributed by atoms with Gasteiger partial charge in [0.2, 0.25) is 5.91 Å². The first-order valence-electron chi connectivity index (χ1n) is 6.92. The molecule has 1 aliphatic heterocycles. The Hall–Kier alpha value is -1.08. The highest BCUT2D eigenvalue weighted by Gasteiger charge is 2.78. The first-order chi connectivity index (χ1) is 8.43. The van der Waals surface area contributed by atoms with Crippen molar-refractivity contribution < 1.29 is 4.79 Å². The molecule has 4 bridgehead atoms. The van der Waals surface area contributed by atoms with Gasteiger partial charge < -0.3 is 0 Å². The van der Waals surface area contributed by atoms with E-state index in [1.807, 2.05) is 11.9 Å².